The number of aliphatic carboxylic acids is 1. The van der Waals surface area contributed by atoms with Crippen molar-refractivity contribution in [2.24, 2.45) is 5.92 Å². The Balaban J connectivity index is 1.58. The van der Waals surface area contributed by atoms with E-state index >= 15 is 4.39 Å². The molecule has 194 valence electrons. The fourth-order valence-corrected chi connectivity index (χ4v) is 4.81. The van der Waals surface area contributed by atoms with E-state index in [1.54, 1.807) is 24.5 Å². The number of nitrogens with zero attached hydrogens (tertiary/aromatic N) is 1. The minimum absolute atomic E-state index is 0.0208. The monoisotopic (exact) mass is 504 g/mol. The van der Waals surface area contributed by atoms with Gasteiger partial charge in [0.05, 0.1) is 18.2 Å². The van der Waals surface area contributed by atoms with E-state index in [2.05, 4.69) is 10.3 Å². The van der Waals surface area contributed by atoms with Crippen molar-refractivity contribution in [3.63, 3.8) is 0 Å². The SMILES string of the molecule is Cc1c(CCC(=O)O)cccc1NC(=O)[C@@H](c1ccc(-c2cncc(OC(C)C)c2)c(F)c1)C1CCC1. The van der Waals surface area contributed by atoms with Crippen LogP contribution in [0.5, 0.6) is 5.75 Å². The Kier molecular flexibility index (Phi) is 8.21. The molecule has 37 heavy (non-hydrogen) atoms. The molecule has 3 aromatic rings. The van der Waals surface area contributed by atoms with Gasteiger partial charge in [-0.05, 0) is 80.8 Å². The Labute approximate surface area is 216 Å². The lowest BCUT2D eigenvalue weighted by molar-refractivity contribution is -0.137. The smallest absolute Gasteiger partial charge is 0.303 e. The fraction of sp³-hybridized carbons (Fsp3) is 0.367. The van der Waals surface area contributed by atoms with Crippen LogP contribution in [0, 0.1) is 18.7 Å². The summed E-state index contributed by atoms with van der Waals surface area (Å²) in [6.07, 6.45) is 6.47. The maximum atomic E-state index is 15.4. The predicted octanol–water partition coefficient (Wildman–Crippen LogP) is 6.52. The van der Waals surface area contributed by atoms with Gasteiger partial charge in [0, 0.05) is 29.4 Å². The molecular weight excluding hydrogens is 471 g/mol. The molecule has 2 N–H and O–H groups in total. The Morgan fingerprint density at radius 1 is 1.16 bits per heavy atom. The van der Waals surface area contributed by atoms with Gasteiger partial charge in [0.15, 0.2) is 0 Å². The lowest BCUT2D eigenvalue weighted by Crippen LogP contribution is -2.31. The number of rotatable bonds is 10. The molecule has 0 spiro atoms. The van der Waals surface area contributed by atoms with Gasteiger partial charge in [-0.1, -0.05) is 30.7 Å². The van der Waals surface area contributed by atoms with Crippen LogP contribution in [0.15, 0.2) is 54.9 Å². The van der Waals surface area contributed by atoms with Gasteiger partial charge in [0.2, 0.25) is 5.91 Å². The molecule has 0 radical (unpaired) electrons. The first-order valence-electron chi connectivity index (χ1n) is 12.8. The zero-order valence-corrected chi connectivity index (χ0v) is 21.5. The first-order chi connectivity index (χ1) is 17.7. The molecule has 6 nitrogen and oxygen atoms in total. The van der Waals surface area contributed by atoms with Crippen LogP contribution >= 0.6 is 0 Å². The van der Waals surface area contributed by atoms with Gasteiger partial charge in [-0.2, -0.15) is 0 Å². The van der Waals surface area contributed by atoms with Crippen molar-refractivity contribution in [1.82, 2.24) is 4.98 Å². The quantitative estimate of drug-likeness (QED) is 0.328. The number of aromatic nitrogens is 1. The third-order valence-electron chi connectivity index (χ3n) is 6.96. The summed E-state index contributed by atoms with van der Waals surface area (Å²) >= 11 is 0. The van der Waals surface area contributed by atoms with Crippen LogP contribution in [0.1, 0.15) is 62.1 Å². The number of benzene rings is 2. The van der Waals surface area contributed by atoms with Gasteiger partial charge < -0.3 is 15.2 Å². The van der Waals surface area contributed by atoms with Gasteiger partial charge in [-0.15, -0.1) is 0 Å². The van der Waals surface area contributed by atoms with E-state index in [9.17, 15) is 9.59 Å². The summed E-state index contributed by atoms with van der Waals surface area (Å²) in [6.45, 7) is 5.72. The summed E-state index contributed by atoms with van der Waals surface area (Å²) in [4.78, 5) is 28.7. The van der Waals surface area contributed by atoms with Gasteiger partial charge in [-0.3, -0.25) is 14.6 Å². The summed E-state index contributed by atoms with van der Waals surface area (Å²) < 4.78 is 21.1. The van der Waals surface area contributed by atoms with Gasteiger partial charge in [0.1, 0.15) is 11.6 Å². The molecule has 0 unspecified atom stereocenters. The van der Waals surface area contributed by atoms with E-state index in [4.69, 9.17) is 9.84 Å². The maximum Gasteiger partial charge on any atom is 0.303 e. The highest BCUT2D eigenvalue weighted by Gasteiger charge is 2.34. The number of nitrogens with one attached hydrogen (secondary N) is 1. The summed E-state index contributed by atoms with van der Waals surface area (Å²) in [5, 5.41) is 12.1. The van der Waals surface area contributed by atoms with E-state index in [1.165, 1.54) is 6.07 Å². The van der Waals surface area contributed by atoms with Crippen LogP contribution in [0.3, 0.4) is 0 Å². The summed E-state index contributed by atoms with van der Waals surface area (Å²) in [5.41, 5.74) is 4.05. The largest absolute Gasteiger partial charge is 0.489 e. The second-order valence-corrected chi connectivity index (χ2v) is 9.96. The number of anilines is 1. The normalized spacial score (nSPS) is 14.2. The summed E-state index contributed by atoms with van der Waals surface area (Å²) in [6, 6.07) is 12.3. The van der Waals surface area contributed by atoms with Gasteiger partial charge in [0.25, 0.3) is 0 Å². The molecule has 1 aliphatic rings. The number of aryl methyl sites for hydroxylation is 1. The lowest BCUT2D eigenvalue weighted by Gasteiger charge is -2.33. The number of pyridine rings is 1. The molecule has 7 heteroatoms. The molecule has 1 aliphatic carbocycles. The number of hydrogen-bond acceptors (Lipinski definition) is 4. The second-order valence-electron chi connectivity index (χ2n) is 9.96. The molecule has 1 fully saturated rings. The molecule has 1 saturated carbocycles. The van der Waals surface area contributed by atoms with Gasteiger partial charge >= 0.3 is 5.97 Å². The standard InChI is InChI=1S/C30H33FN2O4/c1-18(2)37-24-14-23(16-32-17-24)25-12-10-22(15-26(25)31)29(21-7-4-8-21)30(36)33-27-9-5-6-20(19(27)3)11-13-28(34)35/h5-6,9-10,12,14-18,21,29H,4,7-8,11,13H2,1-3H3,(H,33,36)(H,34,35)/t29-/m1/s1. The molecular formula is C30H33FN2O4. The Bertz CT molecular complexity index is 1290. The average molecular weight is 505 g/mol. The van der Waals surface area contributed by atoms with Crippen molar-refractivity contribution in [3.8, 4) is 16.9 Å². The van der Waals surface area contributed by atoms with Crippen LogP contribution in [0.2, 0.25) is 0 Å². The Morgan fingerprint density at radius 2 is 1.95 bits per heavy atom. The molecule has 1 atom stereocenters. The van der Waals surface area contributed by atoms with E-state index in [0.717, 1.165) is 30.4 Å². The van der Waals surface area contributed by atoms with E-state index < -0.39 is 17.7 Å². The van der Waals surface area contributed by atoms with Crippen molar-refractivity contribution >= 4 is 17.6 Å². The molecule has 4 rings (SSSR count). The van der Waals surface area contributed by atoms with Crippen LogP contribution in [0.25, 0.3) is 11.1 Å². The maximum absolute atomic E-state index is 15.4. The molecule has 1 amide bonds. The van der Waals surface area contributed by atoms with E-state index in [0.29, 0.717) is 34.5 Å². The molecule has 2 aromatic carbocycles. The van der Waals surface area contributed by atoms with Crippen LogP contribution in [0.4, 0.5) is 10.1 Å². The fourth-order valence-electron chi connectivity index (χ4n) is 4.81. The number of carboxylic acids is 1. The number of carbonyl (C=O) groups excluding carboxylic acids is 1. The Morgan fingerprint density at radius 3 is 2.59 bits per heavy atom. The lowest BCUT2D eigenvalue weighted by atomic mass is 9.72. The highest BCUT2D eigenvalue weighted by Crippen LogP contribution is 2.41. The average Bonchev–Trinajstić information content (AvgIpc) is 2.81. The number of halogens is 1. The van der Waals surface area contributed by atoms with Crippen LogP contribution in [-0.2, 0) is 16.0 Å². The first kappa shape index (κ1) is 26.3. The zero-order chi connectivity index (χ0) is 26.5. The number of carboxylic acid groups (broad SMARTS) is 1. The van der Waals surface area contributed by atoms with Crippen LogP contribution < -0.4 is 10.1 Å². The second kappa shape index (κ2) is 11.5. The number of hydrogen-bond donors (Lipinski definition) is 2. The topological polar surface area (TPSA) is 88.5 Å². The number of ether oxygens (including phenoxy) is 1. The van der Waals surface area contributed by atoms with Crippen LogP contribution in [-0.4, -0.2) is 28.1 Å². The molecule has 1 heterocycles. The third-order valence-corrected chi connectivity index (χ3v) is 6.96. The predicted molar refractivity (Wildman–Crippen MR) is 141 cm³/mol. The third kappa shape index (κ3) is 6.34. The zero-order valence-electron chi connectivity index (χ0n) is 21.5. The number of amides is 1. The minimum atomic E-state index is -0.862. The molecule has 0 aliphatic heterocycles. The van der Waals surface area contributed by atoms with E-state index in [-0.39, 0.29) is 24.3 Å². The van der Waals surface area contributed by atoms with Crippen molar-refractivity contribution in [2.45, 2.75) is 64.9 Å². The molecule has 0 bridgehead atoms. The number of carbonyl (C=O) groups is 2. The van der Waals surface area contributed by atoms with Crippen molar-refractivity contribution in [3.05, 3.63) is 77.4 Å². The highest BCUT2D eigenvalue weighted by atomic mass is 19.1. The summed E-state index contributed by atoms with van der Waals surface area (Å²) in [7, 11) is 0. The van der Waals surface area contributed by atoms with Gasteiger partial charge in [-0.25, -0.2) is 4.39 Å². The minimum Gasteiger partial charge on any atom is -0.489 e. The highest BCUT2D eigenvalue weighted by molar-refractivity contribution is 5.97. The van der Waals surface area contributed by atoms with Crippen molar-refractivity contribution < 1.29 is 23.8 Å². The summed E-state index contributed by atoms with van der Waals surface area (Å²) in [5.74, 6) is -1.21. The first-order valence-corrected chi connectivity index (χ1v) is 12.8. The van der Waals surface area contributed by atoms with Crippen molar-refractivity contribution in [1.29, 1.82) is 0 Å². The molecule has 0 saturated heterocycles. The van der Waals surface area contributed by atoms with Crippen molar-refractivity contribution in [2.75, 3.05) is 5.32 Å². The molecule has 1 aromatic heterocycles. The van der Waals surface area contributed by atoms with E-state index in [1.807, 2.05) is 45.0 Å². The Hall–Kier alpha value is -3.74.